The first-order chi connectivity index (χ1) is 19.2. The summed E-state index contributed by atoms with van der Waals surface area (Å²) in [4.78, 5) is 35.8. The number of imidazole rings is 1. The highest BCUT2D eigenvalue weighted by Crippen LogP contribution is 2.17. The van der Waals surface area contributed by atoms with Crippen molar-refractivity contribution >= 4 is 29.3 Å². The zero-order valence-electron chi connectivity index (χ0n) is 22.0. The fourth-order valence-electron chi connectivity index (χ4n) is 3.40. The van der Waals surface area contributed by atoms with Crippen LogP contribution in [0.5, 0.6) is 5.88 Å². The molecular weight excluding hydrogens is 508 g/mol. The van der Waals surface area contributed by atoms with E-state index in [2.05, 4.69) is 25.3 Å². The highest BCUT2D eigenvalue weighted by Gasteiger charge is 2.14. The van der Waals surface area contributed by atoms with Gasteiger partial charge in [-0.1, -0.05) is 24.3 Å². The van der Waals surface area contributed by atoms with Crippen LogP contribution in [0.15, 0.2) is 30.6 Å². The molecule has 13 heteroatoms. The Balaban J connectivity index is 1.13. The van der Waals surface area contributed by atoms with Crippen LogP contribution in [0, 0.1) is 0 Å². The number of anilines is 1. The van der Waals surface area contributed by atoms with E-state index in [1.807, 2.05) is 24.3 Å². The maximum atomic E-state index is 11.5. The van der Waals surface area contributed by atoms with E-state index < -0.39 is 0 Å². The Hall–Kier alpha value is -3.65. The van der Waals surface area contributed by atoms with Gasteiger partial charge in [-0.15, -0.1) is 0 Å². The van der Waals surface area contributed by atoms with Gasteiger partial charge in [-0.3, -0.25) is 10.5 Å². The predicted molar refractivity (Wildman–Crippen MR) is 141 cm³/mol. The molecule has 212 valence electrons. The summed E-state index contributed by atoms with van der Waals surface area (Å²) in [7, 11) is 0. The van der Waals surface area contributed by atoms with E-state index in [1.54, 1.807) is 6.33 Å². The van der Waals surface area contributed by atoms with Crippen LogP contribution < -0.4 is 20.8 Å². The summed E-state index contributed by atoms with van der Waals surface area (Å²) >= 11 is 0. The van der Waals surface area contributed by atoms with Crippen molar-refractivity contribution in [3.05, 3.63) is 41.7 Å². The van der Waals surface area contributed by atoms with Crippen LogP contribution in [-0.4, -0.2) is 79.9 Å². The molecule has 0 aliphatic rings. The molecule has 0 aliphatic carbocycles. The summed E-state index contributed by atoms with van der Waals surface area (Å²) in [6.45, 7) is 4.51. The number of unbranched alkanes of at least 4 members (excludes halogenated alkanes) is 1. The summed E-state index contributed by atoms with van der Waals surface area (Å²) < 4.78 is 27.9. The molecule has 0 atom stereocenters. The van der Waals surface area contributed by atoms with Gasteiger partial charge in [0.25, 0.3) is 11.5 Å². The molecule has 2 heterocycles. The van der Waals surface area contributed by atoms with Crippen LogP contribution in [0.4, 0.5) is 5.95 Å². The van der Waals surface area contributed by atoms with Crippen LogP contribution >= 0.6 is 0 Å². The number of benzene rings is 1. The van der Waals surface area contributed by atoms with Crippen LogP contribution in [-0.2, 0) is 41.8 Å². The number of fused-ring (bicyclic) bond motifs is 1. The molecule has 5 N–H and O–H groups in total. The number of nitrogens with two attached hydrogens (primary N) is 1. The number of aromatic nitrogens is 4. The number of nitrogen functional groups attached to an aromatic ring is 1. The molecule has 0 unspecified atom stereocenters. The Kier molecular flexibility index (Phi) is 13.6. The number of nitrogens with one attached hydrogen (secondary N) is 3. The topological polar surface area (TPSA) is 174 Å². The zero-order valence-corrected chi connectivity index (χ0v) is 22.0. The number of rotatable bonds is 21. The van der Waals surface area contributed by atoms with E-state index in [1.165, 1.54) is 0 Å². The molecule has 13 nitrogen and oxygen atoms in total. The average molecular weight is 546 g/mol. The summed E-state index contributed by atoms with van der Waals surface area (Å²) in [5, 5.41) is 2.74. The molecule has 3 rings (SSSR count). The summed E-state index contributed by atoms with van der Waals surface area (Å²) in [5.41, 5.74) is 8.97. The van der Waals surface area contributed by atoms with Crippen LogP contribution in [0.3, 0.4) is 0 Å². The largest absolute Gasteiger partial charge is 0.461 e. The Morgan fingerprint density at radius 3 is 2.28 bits per heavy atom. The average Bonchev–Trinajstić information content (AvgIpc) is 3.41. The molecule has 0 radical (unpaired) electrons. The summed E-state index contributed by atoms with van der Waals surface area (Å²) in [6, 6.07) is 7.96. The lowest BCUT2D eigenvalue weighted by Crippen LogP contribution is -2.27. The maximum Gasteiger partial charge on any atom is 0.392 e. The molecule has 0 saturated heterocycles. The SMILES string of the molecule is Nc1nc2nc[nH]c2c(OCc2ccc(COCCOCCOCCOCCNC(=O)CCCC=O)cc2)[nH+]1. The first-order valence-corrected chi connectivity index (χ1v) is 12.9. The van der Waals surface area contributed by atoms with Gasteiger partial charge in [-0.05, 0) is 22.5 Å². The van der Waals surface area contributed by atoms with Gasteiger partial charge in [0, 0.05) is 19.4 Å². The molecule has 39 heavy (non-hydrogen) atoms. The van der Waals surface area contributed by atoms with Crippen molar-refractivity contribution in [1.82, 2.24) is 20.3 Å². The van der Waals surface area contributed by atoms with Gasteiger partial charge in [-0.2, -0.15) is 0 Å². The van der Waals surface area contributed by atoms with Crippen LogP contribution in [0.2, 0.25) is 0 Å². The number of hydrogen-bond acceptors (Lipinski definition) is 10. The van der Waals surface area contributed by atoms with Crippen molar-refractivity contribution in [2.45, 2.75) is 32.5 Å². The predicted octanol–water partition coefficient (Wildman–Crippen LogP) is 0.985. The standard InChI is InChI=1S/C26H36N6O7/c27-26-31-24-23(29-19-30-24)25(32-26)39-18-21-6-4-20(5-7-21)17-38-16-15-37-14-13-36-12-11-35-10-8-28-22(34)3-1-2-9-33/h4-7,9,19H,1-3,8,10-18H2,(H,28,34)(H3,27,29,30,31,32)/p+1. The first kappa shape index (κ1) is 29.9. The van der Waals surface area contributed by atoms with Crippen molar-refractivity contribution in [3.8, 4) is 5.88 Å². The third-order valence-electron chi connectivity index (χ3n) is 5.40. The van der Waals surface area contributed by atoms with E-state index in [-0.39, 0.29) is 11.9 Å². The molecule has 3 aromatic rings. The van der Waals surface area contributed by atoms with E-state index in [0.29, 0.717) is 102 Å². The lowest BCUT2D eigenvalue weighted by Gasteiger charge is -2.09. The first-order valence-electron chi connectivity index (χ1n) is 12.9. The molecule has 2 aromatic heterocycles. The van der Waals surface area contributed by atoms with Gasteiger partial charge in [0.1, 0.15) is 12.9 Å². The van der Waals surface area contributed by atoms with Gasteiger partial charge in [0.05, 0.1) is 59.2 Å². The van der Waals surface area contributed by atoms with Gasteiger partial charge in [-0.25, -0.2) is 9.97 Å². The number of carbonyl (C=O) groups excluding carboxylic acids is 2. The minimum absolute atomic E-state index is 0.0684. The number of H-pyrrole nitrogens is 2. The third kappa shape index (κ3) is 11.7. The Labute approximate surface area is 226 Å². The van der Waals surface area contributed by atoms with E-state index in [0.717, 1.165) is 17.4 Å². The number of ether oxygens (including phenoxy) is 5. The smallest absolute Gasteiger partial charge is 0.392 e. The lowest BCUT2D eigenvalue weighted by atomic mass is 10.1. The quantitative estimate of drug-likeness (QED) is 0.129. The second-order valence-corrected chi connectivity index (χ2v) is 8.46. The van der Waals surface area contributed by atoms with Crippen molar-refractivity contribution < 1.29 is 38.3 Å². The van der Waals surface area contributed by atoms with Gasteiger partial charge in [0.15, 0.2) is 5.52 Å². The monoisotopic (exact) mass is 545 g/mol. The second kappa shape index (κ2) is 17.8. The number of carbonyl (C=O) groups is 2. The molecule has 0 bridgehead atoms. The van der Waals surface area contributed by atoms with E-state index in [9.17, 15) is 9.59 Å². The van der Waals surface area contributed by atoms with Crippen LogP contribution in [0.25, 0.3) is 11.2 Å². The zero-order chi connectivity index (χ0) is 27.5. The van der Waals surface area contributed by atoms with E-state index in [4.69, 9.17) is 29.4 Å². The highest BCUT2D eigenvalue weighted by atomic mass is 16.6. The fraction of sp³-hybridized carbons (Fsp3) is 0.500. The minimum atomic E-state index is -0.0684. The highest BCUT2D eigenvalue weighted by molar-refractivity contribution is 5.76. The molecule has 1 aromatic carbocycles. The van der Waals surface area contributed by atoms with Crippen molar-refractivity contribution in [3.63, 3.8) is 0 Å². The van der Waals surface area contributed by atoms with Crippen LogP contribution in [0.1, 0.15) is 30.4 Å². The molecule has 1 amide bonds. The van der Waals surface area contributed by atoms with Crippen molar-refractivity contribution in [1.29, 1.82) is 0 Å². The summed E-state index contributed by atoms with van der Waals surface area (Å²) in [5.74, 6) is 0.656. The number of aldehydes is 1. The maximum absolute atomic E-state index is 11.5. The Morgan fingerprint density at radius 1 is 0.949 bits per heavy atom. The molecular formula is C26H37N6O7+. The lowest BCUT2D eigenvalue weighted by molar-refractivity contribution is -0.380. The number of amides is 1. The number of hydrogen-bond donors (Lipinski definition) is 3. The fourth-order valence-corrected chi connectivity index (χ4v) is 3.40. The van der Waals surface area contributed by atoms with Crippen molar-refractivity contribution in [2.24, 2.45) is 0 Å². The van der Waals surface area contributed by atoms with Gasteiger partial charge in [0.2, 0.25) is 5.91 Å². The molecule has 0 aliphatic heterocycles. The number of aromatic amines is 2. The minimum Gasteiger partial charge on any atom is -0.461 e. The Morgan fingerprint density at radius 2 is 1.59 bits per heavy atom. The summed E-state index contributed by atoms with van der Waals surface area (Å²) in [6.07, 6.45) is 3.70. The van der Waals surface area contributed by atoms with E-state index >= 15 is 0 Å². The molecule has 0 fully saturated rings. The van der Waals surface area contributed by atoms with Crippen molar-refractivity contribution in [2.75, 3.05) is 58.5 Å². The molecule has 0 saturated carbocycles. The second-order valence-electron chi connectivity index (χ2n) is 8.46. The van der Waals surface area contributed by atoms with Gasteiger partial charge >= 0.3 is 5.95 Å². The third-order valence-corrected chi connectivity index (χ3v) is 5.40. The normalized spacial score (nSPS) is 11.1. The number of nitrogens with zero attached hydrogens (tertiary/aromatic N) is 2. The molecule has 0 spiro atoms. The Bertz CT molecular complexity index is 1130. The van der Waals surface area contributed by atoms with Gasteiger partial charge < -0.3 is 38.8 Å².